The van der Waals surface area contributed by atoms with Crippen LogP contribution >= 0.6 is 22.6 Å². The molecule has 0 spiro atoms. The van der Waals surface area contributed by atoms with Crippen LogP contribution in [0.3, 0.4) is 0 Å². The van der Waals surface area contributed by atoms with Crippen LogP contribution < -0.4 is 0 Å². The molecule has 1 saturated carbocycles. The minimum absolute atomic E-state index is 0.209. The summed E-state index contributed by atoms with van der Waals surface area (Å²) in [5.74, 6) is 0.888. The van der Waals surface area contributed by atoms with Crippen molar-refractivity contribution in [3.8, 4) is 0 Å². The normalized spacial score (nSPS) is 47.5. The summed E-state index contributed by atoms with van der Waals surface area (Å²) in [5, 5.41) is 0. The Morgan fingerprint density at radius 2 is 2.17 bits per heavy atom. The first-order valence-corrected chi connectivity index (χ1v) is 6.50. The molecule has 2 aliphatic rings. The molecule has 2 heteroatoms. The molecule has 0 aromatic heterocycles. The monoisotopic (exact) mass is 280 g/mol. The van der Waals surface area contributed by atoms with Crippen LogP contribution in [0.2, 0.25) is 0 Å². The van der Waals surface area contributed by atoms with E-state index in [2.05, 4.69) is 29.5 Å². The Morgan fingerprint density at radius 3 is 2.83 bits per heavy atom. The highest BCUT2D eigenvalue weighted by atomic mass is 127. The maximum atomic E-state index is 6.09. The molecule has 0 radical (unpaired) electrons. The van der Waals surface area contributed by atoms with Crippen LogP contribution in [0.5, 0.6) is 0 Å². The molecule has 70 valence electrons. The highest BCUT2D eigenvalue weighted by Crippen LogP contribution is 2.43. The zero-order chi connectivity index (χ0) is 8.60. The zero-order valence-corrected chi connectivity index (χ0v) is 9.84. The Labute approximate surface area is 88.4 Å². The van der Waals surface area contributed by atoms with E-state index in [4.69, 9.17) is 4.74 Å². The third kappa shape index (κ3) is 1.65. The predicted octanol–water partition coefficient (Wildman–Crippen LogP) is 3.16. The molecule has 1 aliphatic heterocycles. The molecule has 1 unspecified atom stereocenters. The Balaban J connectivity index is 2.02. The molecule has 0 N–H and O–H groups in total. The van der Waals surface area contributed by atoms with Crippen molar-refractivity contribution in [2.24, 2.45) is 5.92 Å². The van der Waals surface area contributed by atoms with E-state index in [1.165, 1.54) is 32.1 Å². The number of alkyl halides is 1. The molecule has 1 aliphatic carbocycles. The summed E-state index contributed by atoms with van der Waals surface area (Å²) in [6, 6.07) is 0. The molecule has 1 saturated heterocycles. The molecule has 2 rings (SSSR count). The van der Waals surface area contributed by atoms with Gasteiger partial charge in [0.25, 0.3) is 0 Å². The van der Waals surface area contributed by atoms with Crippen molar-refractivity contribution in [2.75, 3.05) is 4.43 Å². The van der Waals surface area contributed by atoms with E-state index >= 15 is 0 Å². The molecule has 12 heavy (non-hydrogen) atoms. The summed E-state index contributed by atoms with van der Waals surface area (Å²) in [4.78, 5) is 0. The third-order valence-electron chi connectivity index (χ3n) is 3.25. The molecule has 0 aromatic rings. The Morgan fingerprint density at radius 1 is 1.42 bits per heavy atom. The van der Waals surface area contributed by atoms with Crippen LogP contribution in [-0.2, 0) is 4.74 Å². The van der Waals surface area contributed by atoms with Crippen molar-refractivity contribution in [1.29, 1.82) is 0 Å². The number of fused-ring (bicyclic) bond motifs is 1. The highest BCUT2D eigenvalue weighted by molar-refractivity contribution is 14.1. The van der Waals surface area contributed by atoms with Gasteiger partial charge in [0.05, 0.1) is 11.7 Å². The first-order chi connectivity index (χ1) is 5.73. The molecular formula is C10H17IO. The number of rotatable bonds is 1. The minimum atomic E-state index is 0.209. The number of hydrogen-bond donors (Lipinski definition) is 0. The topological polar surface area (TPSA) is 9.23 Å². The van der Waals surface area contributed by atoms with Crippen LogP contribution in [0, 0.1) is 5.92 Å². The number of hydrogen-bond acceptors (Lipinski definition) is 1. The van der Waals surface area contributed by atoms with E-state index in [-0.39, 0.29) is 5.60 Å². The average molecular weight is 280 g/mol. The van der Waals surface area contributed by atoms with Gasteiger partial charge in [-0.2, -0.15) is 0 Å². The van der Waals surface area contributed by atoms with E-state index < -0.39 is 0 Å². The summed E-state index contributed by atoms with van der Waals surface area (Å²) in [6.07, 6.45) is 7.47. The van der Waals surface area contributed by atoms with Gasteiger partial charge in [-0.05, 0) is 32.1 Å². The smallest absolute Gasteiger partial charge is 0.0751 e. The molecular weight excluding hydrogens is 263 g/mol. The van der Waals surface area contributed by atoms with Gasteiger partial charge < -0.3 is 4.74 Å². The molecule has 3 atom stereocenters. The van der Waals surface area contributed by atoms with Gasteiger partial charge in [-0.15, -0.1) is 0 Å². The Hall–Kier alpha value is 0.690. The van der Waals surface area contributed by atoms with Gasteiger partial charge >= 0.3 is 0 Å². The number of ether oxygens (including phenoxy) is 1. The van der Waals surface area contributed by atoms with Crippen molar-refractivity contribution in [3.63, 3.8) is 0 Å². The molecule has 0 amide bonds. The third-order valence-corrected chi connectivity index (χ3v) is 4.87. The largest absolute Gasteiger partial charge is 0.371 e. The molecule has 1 heterocycles. The van der Waals surface area contributed by atoms with E-state index in [9.17, 15) is 0 Å². The summed E-state index contributed by atoms with van der Waals surface area (Å²) in [6.45, 7) is 2.28. The fraction of sp³-hybridized carbons (Fsp3) is 1.00. The fourth-order valence-corrected chi connectivity index (χ4v) is 3.11. The van der Waals surface area contributed by atoms with Gasteiger partial charge in [0.1, 0.15) is 0 Å². The predicted molar refractivity (Wildman–Crippen MR) is 58.7 cm³/mol. The van der Waals surface area contributed by atoms with E-state index in [1.54, 1.807) is 0 Å². The molecule has 0 bridgehead atoms. The van der Waals surface area contributed by atoms with Crippen LogP contribution in [-0.4, -0.2) is 16.1 Å². The summed E-state index contributed by atoms with van der Waals surface area (Å²) in [7, 11) is 0. The summed E-state index contributed by atoms with van der Waals surface area (Å²) < 4.78 is 7.25. The molecule has 0 aromatic carbocycles. The Kier molecular flexibility index (Phi) is 2.66. The second-order valence-corrected chi connectivity index (χ2v) is 5.25. The lowest BCUT2D eigenvalue weighted by Crippen LogP contribution is -2.26. The van der Waals surface area contributed by atoms with Gasteiger partial charge in [-0.3, -0.25) is 0 Å². The summed E-state index contributed by atoms with van der Waals surface area (Å²) >= 11 is 2.45. The van der Waals surface area contributed by atoms with E-state index in [0.29, 0.717) is 6.10 Å². The standard InChI is InChI=1S/C10H17IO/c1-10(7-11)6-8-4-2-3-5-9(8)12-10/h8-9H,2-7H2,1H3/t8-,9+,10?/m1/s1. The van der Waals surface area contributed by atoms with Gasteiger partial charge in [0, 0.05) is 4.43 Å². The van der Waals surface area contributed by atoms with E-state index in [0.717, 1.165) is 10.3 Å². The maximum Gasteiger partial charge on any atom is 0.0751 e. The quantitative estimate of drug-likeness (QED) is 0.529. The average Bonchev–Trinajstić information content (AvgIpc) is 2.42. The van der Waals surface area contributed by atoms with Crippen LogP contribution in [0.15, 0.2) is 0 Å². The fourth-order valence-electron chi connectivity index (χ4n) is 2.62. The van der Waals surface area contributed by atoms with Crippen molar-refractivity contribution in [2.45, 2.75) is 50.7 Å². The lowest BCUT2D eigenvalue weighted by atomic mass is 9.84. The zero-order valence-electron chi connectivity index (χ0n) is 7.68. The van der Waals surface area contributed by atoms with Gasteiger partial charge in [-0.1, -0.05) is 35.4 Å². The van der Waals surface area contributed by atoms with Crippen molar-refractivity contribution in [1.82, 2.24) is 0 Å². The SMILES string of the molecule is CC1(CI)C[C@H]2CCCC[C@@H]2O1. The van der Waals surface area contributed by atoms with Gasteiger partial charge in [0.2, 0.25) is 0 Å². The maximum absolute atomic E-state index is 6.09. The Bertz CT molecular complexity index is 155. The van der Waals surface area contributed by atoms with Crippen molar-refractivity contribution in [3.05, 3.63) is 0 Å². The second kappa shape index (κ2) is 3.45. The first-order valence-electron chi connectivity index (χ1n) is 4.97. The van der Waals surface area contributed by atoms with Gasteiger partial charge in [0.15, 0.2) is 0 Å². The van der Waals surface area contributed by atoms with Crippen molar-refractivity contribution >= 4 is 22.6 Å². The first kappa shape index (κ1) is 9.25. The lowest BCUT2D eigenvalue weighted by Gasteiger charge is -2.24. The number of halogens is 1. The van der Waals surface area contributed by atoms with Gasteiger partial charge in [-0.25, -0.2) is 0 Å². The van der Waals surface area contributed by atoms with Crippen LogP contribution in [0.4, 0.5) is 0 Å². The van der Waals surface area contributed by atoms with Crippen LogP contribution in [0.1, 0.15) is 39.0 Å². The minimum Gasteiger partial charge on any atom is -0.371 e. The van der Waals surface area contributed by atoms with E-state index in [1.807, 2.05) is 0 Å². The van der Waals surface area contributed by atoms with Crippen LogP contribution in [0.25, 0.3) is 0 Å². The molecule has 1 nitrogen and oxygen atoms in total. The molecule has 2 fully saturated rings. The summed E-state index contributed by atoms with van der Waals surface area (Å²) in [5.41, 5.74) is 0.209. The second-order valence-electron chi connectivity index (χ2n) is 4.49. The highest BCUT2D eigenvalue weighted by Gasteiger charge is 2.42. The van der Waals surface area contributed by atoms with Crippen molar-refractivity contribution < 1.29 is 4.74 Å². The lowest BCUT2D eigenvalue weighted by molar-refractivity contribution is -0.0257.